The van der Waals surface area contributed by atoms with Gasteiger partial charge < -0.3 is 16.0 Å². The molecule has 204 valence electrons. The molecule has 10 nitrogen and oxygen atoms in total. The molecule has 2 amide bonds. The zero-order chi connectivity index (χ0) is 27.6. The molecule has 1 aliphatic carbocycles. The number of carbonyl (C=O) groups excluding carboxylic acids is 2. The Balaban J connectivity index is 1.13. The summed E-state index contributed by atoms with van der Waals surface area (Å²) in [4.78, 5) is 31.5. The molecular formula is C27H29BrFN7O3. The van der Waals surface area contributed by atoms with Crippen LogP contribution in [-0.4, -0.2) is 56.2 Å². The molecule has 1 saturated carbocycles. The molecule has 39 heavy (non-hydrogen) atoms. The maximum absolute atomic E-state index is 13.5. The van der Waals surface area contributed by atoms with E-state index in [4.69, 9.17) is 5.73 Å². The van der Waals surface area contributed by atoms with E-state index < -0.39 is 11.7 Å². The van der Waals surface area contributed by atoms with Crippen LogP contribution < -0.4 is 16.5 Å². The minimum absolute atomic E-state index is 0.119. The lowest BCUT2D eigenvalue weighted by molar-refractivity contribution is -0.118. The van der Waals surface area contributed by atoms with Crippen LogP contribution in [0.1, 0.15) is 25.7 Å². The third-order valence-electron chi connectivity index (χ3n) is 7.11. The molecular weight excluding hydrogens is 569 g/mol. The fourth-order valence-corrected chi connectivity index (χ4v) is 4.91. The molecule has 0 radical (unpaired) electrons. The highest BCUT2D eigenvalue weighted by atomic mass is 79.9. The van der Waals surface area contributed by atoms with Crippen LogP contribution in [-0.2, 0) is 11.3 Å². The number of hydrogen-bond donors (Lipinski definition) is 4. The SMILES string of the molecule is NC1(Cn2cc(-c3ccc(NC(=O)N4CCC(C(=O)C(=Nc5ccc(F)c(Br)c5)NO)CC4)cc3)cn2)CC1. The van der Waals surface area contributed by atoms with Crippen LogP contribution in [0.3, 0.4) is 0 Å². The molecule has 1 saturated heterocycles. The molecule has 0 unspecified atom stereocenters. The fraction of sp³-hybridized carbons (Fsp3) is 0.333. The van der Waals surface area contributed by atoms with Gasteiger partial charge in [-0.2, -0.15) is 5.10 Å². The first kappa shape index (κ1) is 27.0. The van der Waals surface area contributed by atoms with E-state index in [0.717, 1.165) is 24.0 Å². The molecule has 5 rings (SSSR count). The van der Waals surface area contributed by atoms with Crippen LogP contribution in [0.15, 0.2) is 64.3 Å². The second kappa shape index (κ2) is 11.2. The highest BCUT2D eigenvalue weighted by Gasteiger charge is 2.38. The van der Waals surface area contributed by atoms with Gasteiger partial charge in [-0.1, -0.05) is 12.1 Å². The first-order valence-corrected chi connectivity index (χ1v) is 13.5. The molecule has 2 heterocycles. The van der Waals surface area contributed by atoms with E-state index in [-0.39, 0.29) is 27.7 Å². The highest BCUT2D eigenvalue weighted by Crippen LogP contribution is 2.34. The zero-order valence-corrected chi connectivity index (χ0v) is 22.7. The fourth-order valence-electron chi connectivity index (χ4n) is 4.55. The Bertz CT molecular complexity index is 1400. The number of benzene rings is 2. The molecule has 2 aromatic carbocycles. The summed E-state index contributed by atoms with van der Waals surface area (Å²) in [6.07, 6.45) is 6.68. The summed E-state index contributed by atoms with van der Waals surface area (Å²) in [5.74, 6) is -1.46. The number of ketones is 1. The number of amides is 2. The average molecular weight is 598 g/mol. The number of hydrogen-bond acceptors (Lipinski definition) is 6. The number of nitrogens with one attached hydrogen (secondary N) is 2. The average Bonchev–Trinajstić information content (AvgIpc) is 3.48. The van der Waals surface area contributed by atoms with Crippen molar-refractivity contribution in [3.05, 3.63) is 65.1 Å². The number of nitrogens with zero attached hydrogens (tertiary/aromatic N) is 4. The number of urea groups is 1. The van der Waals surface area contributed by atoms with Crippen molar-refractivity contribution in [2.24, 2.45) is 16.6 Å². The van der Waals surface area contributed by atoms with Crippen LogP contribution in [0.5, 0.6) is 0 Å². The standard InChI is InChI=1S/C27H29BrFN7O3/c28-22-13-21(5-6-23(22)29)32-25(34-39)24(37)18-7-11-35(12-8-18)26(38)33-20-3-1-17(2-4-20)19-14-31-36(15-19)16-27(30)9-10-27/h1-6,13-15,18,39H,7-12,16,30H2,(H,32,34)(H,33,38). The minimum atomic E-state index is -0.457. The number of anilines is 1. The largest absolute Gasteiger partial charge is 0.324 e. The number of rotatable bonds is 7. The maximum Gasteiger partial charge on any atom is 0.321 e. The number of hydroxylamine groups is 1. The Labute approximate surface area is 233 Å². The van der Waals surface area contributed by atoms with Gasteiger partial charge in [-0.3, -0.25) is 14.7 Å². The number of halogens is 2. The molecule has 2 fully saturated rings. The predicted molar refractivity (Wildman–Crippen MR) is 148 cm³/mol. The summed E-state index contributed by atoms with van der Waals surface area (Å²) >= 11 is 3.08. The lowest BCUT2D eigenvalue weighted by atomic mass is 9.92. The quantitative estimate of drug-likeness (QED) is 0.180. The zero-order valence-electron chi connectivity index (χ0n) is 21.1. The third-order valence-corrected chi connectivity index (χ3v) is 7.72. The molecule has 0 spiro atoms. The number of likely N-dealkylation sites (tertiary alicyclic amines) is 1. The van der Waals surface area contributed by atoms with Gasteiger partial charge in [-0.25, -0.2) is 19.7 Å². The van der Waals surface area contributed by atoms with E-state index in [0.29, 0.717) is 43.9 Å². The summed E-state index contributed by atoms with van der Waals surface area (Å²) in [5, 5.41) is 16.8. The summed E-state index contributed by atoms with van der Waals surface area (Å²) in [6.45, 7) is 1.46. The second-order valence-electron chi connectivity index (χ2n) is 10.1. The number of aromatic nitrogens is 2. The molecule has 3 aromatic rings. The lowest BCUT2D eigenvalue weighted by Gasteiger charge is -2.31. The summed E-state index contributed by atoms with van der Waals surface area (Å²) < 4.78 is 15.5. The summed E-state index contributed by atoms with van der Waals surface area (Å²) in [7, 11) is 0. The number of Topliss-reactive ketones (excluding diaryl/α,β-unsaturated/α-hetero) is 1. The van der Waals surface area contributed by atoms with Crippen LogP contribution in [0, 0.1) is 11.7 Å². The van der Waals surface area contributed by atoms with Crippen LogP contribution >= 0.6 is 15.9 Å². The smallest absolute Gasteiger partial charge is 0.321 e. The van der Waals surface area contributed by atoms with Crippen molar-refractivity contribution in [1.29, 1.82) is 0 Å². The van der Waals surface area contributed by atoms with Crippen molar-refractivity contribution < 1.29 is 19.2 Å². The van der Waals surface area contributed by atoms with Crippen molar-refractivity contribution >= 4 is 45.0 Å². The van der Waals surface area contributed by atoms with E-state index >= 15 is 0 Å². The topological polar surface area (TPSA) is 138 Å². The van der Waals surface area contributed by atoms with E-state index in [9.17, 15) is 19.2 Å². The van der Waals surface area contributed by atoms with Gasteiger partial charge >= 0.3 is 6.03 Å². The predicted octanol–water partition coefficient (Wildman–Crippen LogP) is 4.47. The number of carbonyl (C=O) groups is 2. The Hall–Kier alpha value is -3.61. The van der Waals surface area contributed by atoms with Gasteiger partial charge in [-0.05, 0) is 77.5 Å². The summed E-state index contributed by atoms with van der Waals surface area (Å²) in [6, 6.07) is 11.3. The lowest BCUT2D eigenvalue weighted by Crippen LogP contribution is -2.44. The van der Waals surface area contributed by atoms with Crippen molar-refractivity contribution in [1.82, 2.24) is 20.2 Å². The van der Waals surface area contributed by atoms with E-state index in [1.165, 1.54) is 18.2 Å². The van der Waals surface area contributed by atoms with Crippen LogP contribution in [0.25, 0.3) is 11.1 Å². The van der Waals surface area contributed by atoms with Crippen molar-refractivity contribution in [3.63, 3.8) is 0 Å². The van der Waals surface area contributed by atoms with Gasteiger partial charge in [0.2, 0.25) is 5.78 Å². The molecule has 0 atom stereocenters. The van der Waals surface area contributed by atoms with Gasteiger partial charge in [0.15, 0.2) is 5.84 Å². The van der Waals surface area contributed by atoms with Crippen molar-refractivity contribution in [2.75, 3.05) is 18.4 Å². The normalized spacial score (nSPS) is 17.1. The molecule has 12 heteroatoms. The number of amidine groups is 1. The number of nitrogens with two attached hydrogens (primary N) is 1. The Morgan fingerprint density at radius 2 is 1.87 bits per heavy atom. The Kier molecular flexibility index (Phi) is 7.78. The molecule has 5 N–H and O–H groups in total. The Morgan fingerprint density at radius 1 is 1.15 bits per heavy atom. The highest BCUT2D eigenvalue weighted by molar-refractivity contribution is 9.10. The molecule has 0 bridgehead atoms. The third kappa shape index (κ3) is 6.52. The van der Waals surface area contributed by atoms with Gasteiger partial charge in [0.25, 0.3) is 0 Å². The van der Waals surface area contributed by atoms with E-state index in [2.05, 4.69) is 31.3 Å². The van der Waals surface area contributed by atoms with Gasteiger partial charge in [0.05, 0.1) is 22.9 Å². The van der Waals surface area contributed by atoms with Gasteiger partial charge in [0.1, 0.15) is 5.82 Å². The molecule has 2 aliphatic rings. The molecule has 1 aromatic heterocycles. The Morgan fingerprint density at radius 3 is 2.51 bits per heavy atom. The number of aliphatic imine (C=N–C) groups is 1. The van der Waals surface area contributed by atoms with Gasteiger partial charge in [0, 0.05) is 42.0 Å². The van der Waals surface area contributed by atoms with Crippen LogP contribution in [0.2, 0.25) is 0 Å². The van der Waals surface area contributed by atoms with Crippen molar-refractivity contribution in [2.45, 2.75) is 37.8 Å². The minimum Gasteiger partial charge on any atom is -0.324 e. The number of piperidine rings is 1. The second-order valence-corrected chi connectivity index (χ2v) is 10.9. The first-order valence-electron chi connectivity index (χ1n) is 12.7. The van der Waals surface area contributed by atoms with E-state index in [1.807, 2.05) is 46.8 Å². The van der Waals surface area contributed by atoms with Crippen LogP contribution in [0.4, 0.5) is 20.6 Å². The van der Waals surface area contributed by atoms with Crippen molar-refractivity contribution in [3.8, 4) is 11.1 Å². The first-order chi connectivity index (χ1) is 18.7. The van der Waals surface area contributed by atoms with Gasteiger partial charge in [-0.15, -0.1) is 0 Å². The summed E-state index contributed by atoms with van der Waals surface area (Å²) in [5.41, 5.74) is 10.9. The maximum atomic E-state index is 13.5. The molecule has 1 aliphatic heterocycles. The monoisotopic (exact) mass is 597 g/mol. The van der Waals surface area contributed by atoms with E-state index in [1.54, 1.807) is 4.90 Å².